The first-order valence-corrected chi connectivity index (χ1v) is 6.51. The van der Waals surface area contributed by atoms with Gasteiger partial charge in [-0.05, 0) is 25.1 Å². The second-order valence-corrected chi connectivity index (χ2v) is 4.48. The molecule has 1 heterocycles. The van der Waals surface area contributed by atoms with Gasteiger partial charge < -0.3 is 10.6 Å². The highest BCUT2D eigenvalue weighted by atomic mass is 35.5. The van der Waals surface area contributed by atoms with Gasteiger partial charge in [0.25, 0.3) is 0 Å². The van der Waals surface area contributed by atoms with Crippen molar-refractivity contribution in [3.05, 3.63) is 51.3 Å². The maximum Gasteiger partial charge on any atom is 0.311 e. The van der Waals surface area contributed by atoms with E-state index in [4.69, 9.17) is 11.6 Å². The Balaban J connectivity index is 2.46. The number of nitro groups is 1. The van der Waals surface area contributed by atoms with Crippen molar-refractivity contribution in [3.63, 3.8) is 0 Å². The van der Waals surface area contributed by atoms with E-state index in [1.165, 1.54) is 30.3 Å². The monoisotopic (exact) mass is 310 g/mol. The normalized spacial score (nSPS) is 10.2. The molecule has 2 aromatic rings. The third-order valence-corrected chi connectivity index (χ3v) is 2.95. The molecular weight excluding hydrogens is 299 g/mol. The van der Waals surface area contributed by atoms with Crippen LogP contribution in [-0.4, -0.2) is 16.5 Å². The number of rotatable bonds is 5. The summed E-state index contributed by atoms with van der Waals surface area (Å²) in [5, 5.41) is 16.7. The highest BCUT2D eigenvalue weighted by Crippen LogP contribution is 2.32. The molecule has 0 fully saturated rings. The Morgan fingerprint density at radius 3 is 2.76 bits per heavy atom. The maximum atomic E-state index is 13.8. The van der Waals surface area contributed by atoms with Crippen LogP contribution in [0.25, 0.3) is 0 Å². The minimum absolute atomic E-state index is 0.0524. The zero-order valence-corrected chi connectivity index (χ0v) is 11.8. The van der Waals surface area contributed by atoms with Gasteiger partial charge in [0.2, 0.25) is 5.82 Å². The average Bonchev–Trinajstić information content (AvgIpc) is 2.43. The van der Waals surface area contributed by atoms with Crippen molar-refractivity contribution in [2.24, 2.45) is 0 Å². The molecule has 0 radical (unpaired) electrons. The summed E-state index contributed by atoms with van der Waals surface area (Å²) in [5.41, 5.74) is -0.320. The van der Waals surface area contributed by atoms with Crippen LogP contribution in [0.2, 0.25) is 5.02 Å². The van der Waals surface area contributed by atoms with Crippen LogP contribution in [0.4, 0.5) is 27.4 Å². The maximum absolute atomic E-state index is 13.8. The highest BCUT2D eigenvalue weighted by molar-refractivity contribution is 6.33. The molecule has 6 nitrogen and oxygen atoms in total. The van der Waals surface area contributed by atoms with E-state index in [-0.39, 0.29) is 22.2 Å². The standard InChI is InChI=1S/C13H12ClFN4O2/c1-2-16-11-7-6-10(19(20)21)13(17-11)18-12-8(14)4-3-5-9(12)15/h3-7H,2H2,1H3,(H2,16,17,18). The number of nitrogens with one attached hydrogen (secondary N) is 2. The minimum atomic E-state index is -0.618. The lowest BCUT2D eigenvalue weighted by Gasteiger charge is -2.10. The summed E-state index contributed by atoms with van der Waals surface area (Å²) >= 11 is 5.90. The fraction of sp³-hybridized carbons (Fsp3) is 0.154. The molecule has 0 spiro atoms. The number of aromatic nitrogens is 1. The summed E-state index contributed by atoms with van der Waals surface area (Å²) in [6.07, 6.45) is 0. The van der Waals surface area contributed by atoms with Gasteiger partial charge in [0, 0.05) is 12.6 Å². The molecule has 0 amide bonds. The van der Waals surface area contributed by atoms with Crippen LogP contribution < -0.4 is 10.6 Å². The molecule has 0 unspecified atom stereocenters. The molecule has 2 rings (SSSR count). The Bertz CT molecular complexity index is 661. The van der Waals surface area contributed by atoms with Gasteiger partial charge in [-0.3, -0.25) is 10.1 Å². The van der Waals surface area contributed by atoms with Crippen molar-refractivity contribution in [3.8, 4) is 0 Å². The molecule has 1 aromatic heterocycles. The third kappa shape index (κ3) is 3.38. The molecule has 21 heavy (non-hydrogen) atoms. The molecule has 1 aromatic carbocycles. The first kappa shape index (κ1) is 15.0. The third-order valence-electron chi connectivity index (χ3n) is 2.63. The number of benzene rings is 1. The lowest BCUT2D eigenvalue weighted by molar-refractivity contribution is -0.384. The zero-order valence-electron chi connectivity index (χ0n) is 11.1. The topological polar surface area (TPSA) is 80.1 Å². The molecule has 0 atom stereocenters. The van der Waals surface area contributed by atoms with Crippen LogP contribution in [0.1, 0.15) is 6.92 Å². The Labute approximate surface area is 125 Å². The molecule has 0 aliphatic rings. The zero-order chi connectivity index (χ0) is 15.4. The lowest BCUT2D eigenvalue weighted by atomic mass is 10.3. The van der Waals surface area contributed by atoms with Crippen molar-refractivity contribution in [1.82, 2.24) is 4.98 Å². The minimum Gasteiger partial charge on any atom is -0.370 e. The largest absolute Gasteiger partial charge is 0.370 e. The molecule has 0 aliphatic carbocycles. The molecular formula is C13H12ClFN4O2. The van der Waals surface area contributed by atoms with Crippen molar-refractivity contribution in [2.45, 2.75) is 6.92 Å². The van der Waals surface area contributed by atoms with E-state index in [0.29, 0.717) is 12.4 Å². The second-order valence-electron chi connectivity index (χ2n) is 4.07. The number of hydrogen-bond acceptors (Lipinski definition) is 5. The van der Waals surface area contributed by atoms with Gasteiger partial charge >= 0.3 is 5.69 Å². The highest BCUT2D eigenvalue weighted by Gasteiger charge is 2.18. The van der Waals surface area contributed by atoms with Crippen molar-refractivity contribution < 1.29 is 9.31 Å². The van der Waals surface area contributed by atoms with E-state index in [2.05, 4.69) is 15.6 Å². The van der Waals surface area contributed by atoms with Crippen molar-refractivity contribution in [1.29, 1.82) is 0 Å². The lowest BCUT2D eigenvalue weighted by Crippen LogP contribution is -2.05. The van der Waals surface area contributed by atoms with E-state index < -0.39 is 10.7 Å². The van der Waals surface area contributed by atoms with Crippen LogP contribution in [0, 0.1) is 15.9 Å². The van der Waals surface area contributed by atoms with E-state index in [1.807, 2.05) is 6.92 Å². The molecule has 0 aliphatic heterocycles. The Morgan fingerprint density at radius 1 is 1.38 bits per heavy atom. The Kier molecular flexibility index (Phi) is 4.54. The summed E-state index contributed by atoms with van der Waals surface area (Å²) in [5.74, 6) is -0.254. The van der Waals surface area contributed by atoms with Crippen LogP contribution in [0.3, 0.4) is 0 Å². The fourth-order valence-corrected chi connectivity index (χ4v) is 1.92. The van der Waals surface area contributed by atoms with Gasteiger partial charge in [-0.1, -0.05) is 17.7 Å². The molecule has 0 saturated carbocycles. The first-order valence-electron chi connectivity index (χ1n) is 6.13. The number of hydrogen-bond donors (Lipinski definition) is 2. The molecule has 110 valence electrons. The number of nitrogens with zero attached hydrogens (tertiary/aromatic N) is 2. The quantitative estimate of drug-likeness (QED) is 0.645. The second kappa shape index (κ2) is 6.36. The number of halogens is 2. The van der Waals surface area contributed by atoms with Crippen LogP contribution >= 0.6 is 11.6 Å². The van der Waals surface area contributed by atoms with Crippen LogP contribution in [-0.2, 0) is 0 Å². The van der Waals surface area contributed by atoms with Crippen molar-refractivity contribution >= 4 is 34.6 Å². The number of anilines is 3. The summed E-state index contributed by atoms with van der Waals surface area (Å²) in [4.78, 5) is 14.5. The number of pyridine rings is 1. The summed E-state index contributed by atoms with van der Waals surface area (Å²) < 4.78 is 13.8. The summed E-state index contributed by atoms with van der Waals surface area (Å²) in [6, 6.07) is 6.90. The van der Waals surface area contributed by atoms with Crippen molar-refractivity contribution in [2.75, 3.05) is 17.2 Å². The van der Waals surface area contributed by atoms with Gasteiger partial charge in [-0.25, -0.2) is 9.37 Å². The van der Waals surface area contributed by atoms with Crippen LogP contribution in [0.15, 0.2) is 30.3 Å². The van der Waals surface area contributed by atoms with Crippen LogP contribution in [0.5, 0.6) is 0 Å². The van der Waals surface area contributed by atoms with Gasteiger partial charge in [0.05, 0.1) is 15.6 Å². The fourth-order valence-electron chi connectivity index (χ4n) is 1.71. The van der Waals surface area contributed by atoms with Gasteiger partial charge in [-0.15, -0.1) is 0 Å². The first-order chi connectivity index (χ1) is 10.0. The predicted octanol–water partition coefficient (Wildman–Crippen LogP) is 3.96. The predicted molar refractivity (Wildman–Crippen MR) is 79.7 cm³/mol. The van der Waals surface area contributed by atoms with Gasteiger partial charge in [0.1, 0.15) is 11.6 Å². The smallest absolute Gasteiger partial charge is 0.311 e. The van der Waals surface area contributed by atoms with E-state index in [9.17, 15) is 14.5 Å². The van der Waals surface area contributed by atoms with E-state index in [1.54, 1.807) is 0 Å². The molecule has 2 N–H and O–H groups in total. The molecule has 8 heteroatoms. The molecule has 0 bridgehead atoms. The van der Waals surface area contributed by atoms with Gasteiger partial charge in [0.15, 0.2) is 0 Å². The van der Waals surface area contributed by atoms with E-state index in [0.717, 1.165) is 0 Å². The summed E-state index contributed by atoms with van der Waals surface area (Å²) in [6.45, 7) is 2.47. The SMILES string of the molecule is CCNc1ccc([N+](=O)[O-])c(Nc2c(F)cccc2Cl)n1. The average molecular weight is 311 g/mol. The van der Waals surface area contributed by atoms with Gasteiger partial charge in [-0.2, -0.15) is 0 Å². The Hall–Kier alpha value is -2.41. The summed E-state index contributed by atoms with van der Waals surface area (Å²) in [7, 11) is 0. The Morgan fingerprint density at radius 2 is 2.14 bits per heavy atom. The number of para-hydroxylation sites is 1. The molecule has 0 saturated heterocycles. The van der Waals surface area contributed by atoms with E-state index >= 15 is 0 Å².